The number of nitrogens with two attached hydrogens (primary N) is 1. The van der Waals surface area contributed by atoms with E-state index in [1.54, 1.807) is 12.1 Å². The van der Waals surface area contributed by atoms with Crippen molar-refractivity contribution in [2.75, 3.05) is 12.3 Å². The van der Waals surface area contributed by atoms with Gasteiger partial charge in [0, 0.05) is 5.41 Å². The molecule has 2 rings (SSSR count). The van der Waals surface area contributed by atoms with Crippen LogP contribution in [0.15, 0.2) is 40.6 Å². The Bertz CT molecular complexity index is 706. The molecule has 0 aliphatic carbocycles. The molecule has 1 aromatic rings. The van der Waals surface area contributed by atoms with E-state index < -0.39 is 25.9 Å². The third-order valence-corrected chi connectivity index (χ3v) is 5.80. The maximum atomic E-state index is 12.1. The summed E-state index contributed by atoms with van der Waals surface area (Å²) in [5, 5.41) is 1.03. The summed E-state index contributed by atoms with van der Waals surface area (Å²) in [5.41, 5.74) is 6.38. The molecular weight excluding hydrogens is 300 g/mol. The van der Waals surface area contributed by atoms with E-state index in [2.05, 4.69) is 4.72 Å². The van der Waals surface area contributed by atoms with E-state index in [4.69, 9.17) is 5.73 Å². The van der Waals surface area contributed by atoms with Crippen LogP contribution in [-0.4, -0.2) is 35.2 Å². The molecule has 0 bridgehead atoms. The number of hydrogen-bond acceptors (Lipinski definition) is 5. The van der Waals surface area contributed by atoms with Crippen LogP contribution in [0.5, 0.6) is 0 Å². The van der Waals surface area contributed by atoms with Gasteiger partial charge in [-0.2, -0.15) is 0 Å². The first-order valence-electron chi connectivity index (χ1n) is 6.05. The normalized spacial score (nSPS) is 21.1. The molecule has 0 fully saturated rings. The third-order valence-electron chi connectivity index (χ3n) is 2.90. The molecule has 1 aromatic carbocycles. The molecule has 0 radical (unpaired) electrons. The lowest BCUT2D eigenvalue weighted by Crippen LogP contribution is -2.35. The van der Waals surface area contributed by atoms with Gasteiger partial charge in [-0.3, -0.25) is 0 Å². The second kappa shape index (κ2) is 5.65. The molecule has 3 N–H and O–H groups in total. The van der Waals surface area contributed by atoms with Crippen molar-refractivity contribution in [1.29, 1.82) is 0 Å². The molecule has 1 atom stereocenters. The van der Waals surface area contributed by atoms with E-state index >= 15 is 0 Å². The predicted molar refractivity (Wildman–Crippen MR) is 76.2 cm³/mol. The standard InChI is InChI=1S/C12H16N2O4S2/c13-7-5-10-1-3-12(4-2-10)20(17,18)14-11-6-8-19(15,16)9-11/h1-4,6,8,11,14H,5,7,9,13H2. The van der Waals surface area contributed by atoms with Crippen LogP contribution in [-0.2, 0) is 26.3 Å². The maximum absolute atomic E-state index is 12.1. The molecule has 110 valence electrons. The molecule has 1 aliphatic rings. The minimum absolute atomic E-state index is 0.107. The highest BCUT2D eigenvalue weighted by molar-refractivity contribution is 7.94. The van der Waals surface area contributed by atoms with Gasteiger partial charge in [0.2, 0.25) is 10.0 Å². The first kappa shape index (κ1) is 15.2. The lowest BCUT2D eigenvalue weighted by molar-refractivity contribution is 0.575. The van der Waals surface area contributed by atoms with Gasteiger partial charge in [-0.05, 0) is 30.7 Å². The largest absolute Gasteiger partial charge is 0.330 e. The summed E-state index contributed by atoms with van der Waals surface area (Å²) in [4.78, 5) is 0.107. The van der Waals surface area contributed by atoms with Gasteiger partial charge in [0.05, 0.1) is 16.7 Å². The predicted octanol–water partition coefficient (Wildman–Crippen LogP) is -0.223. The van der Waals surface area contributed by atoms with E-state index in [-0.39, 0.29) is 10.6 Å². The second-order valence-corrected chi connectivity index (χ2v) is 8.21. The lowest BCUT2D eigenvalue weighted by atomic mass is 10.2. The molecule has 20 heavy (non-hydrogen) atoms. The summed E-state index contributed by atoms with van der Waals surface area (Å²) >= 11 is 0. The zero-order valence-electron chi connectivity index (χ0n) is 10.7. The van der Waals surface area contributed by atoms with Crippen LogP contribution in [0.2, 0.25) is 0 Å². The van der Waals surface area contributed by atoms with Gasteiger partial charge in [-0.1, -0.05) is 18.2 Å². The number of rotatable bonds is 5. The zero-order chi connectivity index (χ0) is 14.8. The van der Waals surface area contributed by atoms with Crippen LogP contribution in [0.1, 0.15) is 5.56 Å². The highest BCUT2D eigenvalue weighted by atomic mass is 32.2. The van der Waals surface area contributed by atoms with Crippen LogP contribution in [0.25, 0.3) is 0 Å². The molecule has 0 amide bonds. The quantitative estimate of drug-likeness (QED) is 0.781. The second-order valence-electron chi connectivity index (χ2n) is 4.57. The van der Waals surface area contributed by atoms with Crippen LogP contribution in [0.4, 0.5) is 0 Å². The number of sulfone groups is 1. The molecular formula is C12H16N2O4S2. The summed E-state index contributed by atoms with van der Waals surface area (Å²) in [6, 6.07) is 5.65. The van der Waals surface area contributed by atoms with E-state index in [1.807, 2.05) is 0 Å². The van der Waals surface area contributed by atoms with Gasteiger partial charge in [0.25, 0.3) is 0 Å². The highest BCUT2D eigenvalue weighted by Crippen LogP contribution is 2.14. The molecule has 0 saturated heterocycles. The molecule has 1 aliphatic heterocycles. The maximum Gasteiger partial charge on any atom is 0.241 e. The van der Waals surface area contributed by atoms with Crippen molar-refractivity contribution in [2.45, 2.75) is 17.4 Å². The number of benzene rings is 1. The summed E-state index contributed by atoms with van der Waals surface area (Å²) < 4.78 is 49.1. The molecule has 0 aromatic heterocycles. The molecule has 1 unspecified atom stereocenters. The Hall–Kier alpha value is -1.22. The Kier molecular flexibility index (Phi) is 4.28. The van der Waals surface area contributed by atoms with Crippen molar-refractivity contribution in [3.05, 3.63) is 41.3 Å². The Balaban J connectivity index is 2.13. The van der Waals surface area contributed by atoms with Crippen molar-refractivity contribution in [1.82, 2.24) is 4.72 Å². The topological polar surface area (TPSA) is 106 Å². The minimum Gasteiger partial charge on any atom is -0.330 e. The SMILES string of the molecule is NCCc1ccc(S(=O)(=O)NC2C=CS(=O)(=O)C2)cc1. The molecule has 8 heteroatoms. The summed E-state index contributed by atoms with van der Waals surface area (Å²) in [5.74, 6) is -0.239. The first-order chi connectivity index (χ1) is 9.32. The fraction of sp³-hybridized carbons (Fsp3) is 0.333. The van der Waals surface area contributed by atoms with Crippen LogP contribution < -0.4 is 10.5 Å². The highest BCUT2D eigenvalue weighted by Gasteiger charge is 2.26. The van der Waals surface area contributed by atoms with Crippen molar-refractivity contribution in [3.63, 3.8) is 0 Å². The molecule has 0 spiro atoms. The lowest BCUT2D eigenvalue weighted by Gasteiger charge is -2.11. The Labute approximate surface area is 118 Å². The smallest absolute Gasteiger partial charge is 0.241 e. The summed E-state index contributed by atoms with van der Waals surface area (Å²) in [6.07, 6.45) is 2.02. The van der Waals surface area contributed by atoms with E-state index in [0.29, 0.717) is 13.0 Å². The van der Waals surface area contributed by atoms with Crippen molar-refractivity contribution in [2.24, 2.45) is 5.73 Å². The Morgan fingerprint density at radius 2 is 1.90 bits per heavy atom. The third kappa shape index (κ3) is 3.66. The fourth-order valence-electron chi connectivity index (χ4n) is 1.92. The van der Waals surface area contributed by atoms with E-state index in [9.17, 15) is 16.8 Å². The van der Waals surface area contributed by atoms with Crippen molar-refractivity contribution in [3.8, 4) is 0 Å². The minimum atomic E-state index is -3.72. The first-order valence-corrected chi connectivity index (χ1v) is 9.24. The van der Waals surface area contributed by atoms with Gasteiger partial charge in [-0.25, -0.2) is 21.6 Å². The zero-order valence-corrected chi connectivity index (χ0v) is 12.3. The molecule has 0 saturated carbocycles. The van der Waals surface area contributed by atoms with Gasteiger partial charge < -0.3 is 5.73 Å². The van der Waals surface area contributed by atoms with Crippen LogP contribution in [0.3, 0.4) is 0 Å². The Morgan fingerprint density at radius 3 is 2.40 bits per heavy atom. The number of sulfonamides is 1. The monoisotopic (exact) mass is 316 g/mol. The van der Waals surface area contributed by atoms with Gasteiger partial charge >= 0.3 is 0 Å². The van der Waals surface area contributed by atoms with E-state index in [0.717, 1.165) is 11.0 Å². The average Bonchev–Trinajstić information content (AvgIpc) is 2.69. The Morgan fingerprint density at radius 1 is 1.25 bits per heavy atom. The molecule has 1 heterocycles. The van der Waals surface area contributed by atoms with Gasteiger partial charge in [-0.15, -0.1) is 0 Å². The summed E-state index contributed by atoms with van der Waals surface area (Å²) in [7, 11) is -7.01. The van der Waals surface area contributed by atoms with Gasteiger partial charge in [0.15, 0.2) is 9.84 Å². The fourth-order valence-corrected chi connectivity index (χ4v) is 4.45. The van der Waals surface area contributed by atoms with E-state index in [1.165, 1.54) is 18.2 Å². The number of hydrogen-bond donors (Lipinski definition) is 2. The van der Waals surface area contributed by atoms with Crippen LogP contribution >= 0.6 is 0 Å². The van der Waals surface area contributed by atoms with Crippen LogP contribution in [0, 0.1) is 0 Å². The van der Waals surface area contributed by atoms with Gasteiger partial charge in [0.1, 0.15) is 0 Å². The molecule has 6 nitrogen and oxygen atoms in total. The van der Waals surface area contributed by atoms with Crippen molar-refractivity contribution >= 4 is 19.9 Å². The van der Waals surface area contributed by atoms with Crippen molar-refractivity contribution < 1.29 is 16.8 Å². The summed E-state index contributed by atoms with van der Waals surface area (Å²) in [6.45, 7) is 0.495. The average molecular weight is 316 g/mol. The number of nitrogens with one attached hydrogen (secondary N) is 1.